The molecular weight excluding hydrogens is 897 g/mol. The molecule has 0 bridgehead atoms. The van der Waals surface area contributed by atoms with Crippen LogP contribution in [0.5, 0.6) is 0 Å². The van der Waals surface area contributed by atoms with Gasteiger partial charge in [0.2, 0.25) is 0 Å². The monoisotopic (exact) mass is 1000 g/mol. The molecule has 11 unspecified atom stereocenters. The topological polar surface area (TPSA) is 214 Å². The Kier molecular flexibility index (Phi) is 40.8. The second-order valence-corrected chi connectivity index (χ2v) is 20.5. The van der Waals surface area contributed by atoms with E-state index >= 15 is 0 Å². The van der Waals surface area contributed by atoms with Crippen molar-refractivity contribution in [2.45, 2.75) is 306 Å². The normalized spacial score (nSPS) is 25.5. The average Bonchev–Trinajstić information content (AvgIpc) is 3.36. The highest BCUT2D eigenvalue weighted by Gasteiger charge is 2.47. The SMILES string of the molecule is CCCCCCCCCC/C=C\CCCCCCCCCCCCCCCC(=O)OC(COCCCCCCCCCCCCC)COC1OC(COC2OC(CO)C(O)C(O)C2O)C(O)C(O)C1O. The highest BCUT2D eigenvalue weighted by molar-refractivity contribution is 5.69. The fourth-order valence-corrected chi connectivity index (χ4v) is 9.34. The largest absolute Gasteiger partial charge is 0.457 e. The number of aliphatic hydroxyl groups is 7. The lowest BCUT2D eigenvalue weighted by Gasteiger charge is -2.42. The van der Waals surface area contributed by atoms with Gasteiger partial charge in [0.1, 0.15) is 54.9 Å². The Labute approximate surface area is 425 Å². The third-order valence-corrected chi connectivity index (χ3v) is 14.0. The van der Waals surface area contributed by atoms with Crippen LogP contribution >= 0.6 is 0 Å². The number of esters is 1. The van der Waals surface area contributed by atoms with Gasteiger partial charge in [-0.3, -0.25) is 4.79 Å². The Balaban J connectivity index is 1.66. The molecule has 0 aromatic carbocycles. The van der Waals surface area contributed by atoms with Crippen LogP contribution in [-0.4, -0.2) is 142 Å². The molecule has 2 aliphatic rings. The average molecular weight is 1000 g/mol. The van der Waals surface area contributed by atoms with E-state index in [1.165, 1.54) is 173 Å². The molecule has 2 aliphatic heterocycles. The standard InChI is InChI=1S/C56H106O14/c1-3-5-7-9-11-13-15-16-17-18-19-20-21-22-23-24-25-26-27-28-29-31-33-35-37-39-48(58)68-45(42-65-40-38-36-34-32-30-14-12-10-8-6-4-2)43-66-55-54(64)52(62)50(60)47(70-55)44-67-56-53(63)51(61)49(59)46(41-57)69-56/h18-19,45-47,49-57,59-64H,3-17,20-44H2,1-2H3/b19-18-. The van der Waals surface area contributed by atoms with Crippen LogP contribution in [0.15, 0.2) is 12.2 Å². The van der Waals surface area contributed by atoms with Crippen molar-refractivity contribution < 1.29 is 69.0 Å². The van der Waals surface area contributed by atoms with Gasteiger partial charge in [-0.05, 0) is 38.5 Å². The summed E-state index contributed by atoms with van der Waals surface area (Å²) < 4.78 is 34.3. The fourth-order valence-electron chi connectivity index (χ4n) is 9.34. The van der Waals surface area contributed by atoms with Crippen LogP contribution in [0.1, 0.15) is 239 Å². The summed E-state index contributed by atoms with van der Waals surface area (Å²) in [6.45, 7) is 3.73. The minimum absolute atomic E-state index is 0.0677. The third-order valence-electron chi connectivity index (χ3n) is 14.0. The second-order valence-electron chi connectivity index (χ2n) is 20.5. The first-order chi connectivity index (χ1) is 34.1. The molecule has 0 saturated carbocycles. The van der Waals surface area contributed by atoms with Gasteiger partial charge in [-0.2, -0.15) is 0 Å². The number of carbonyl (C=O) groups excluding carboxylic acids is 1. The van der Waals surface area contributed by atoms with E-state index < -0.39 is 80.7 Å². The zero-order chi connectivity index (χ0) is 50.9. The predicted octanol–water partition coefficient (Wildman–Crippen LogP) is 9.80. The molecule has 2 heterocycles. The molecule has 0 aromatic heterocycles. The van der Waals surface area contributed by atoms with E-state index in [0.717, 1.165) is 38.5 Å². The number of hydrogen-bond donors (Lipinski definition) is 7. The zero-order valence-electron chi connectivity index (χ0n) is 44.3. The predicted molar refractivity (Wildman–Crippen MR) is 275 cm³/mol. The smallest absolute Gasteiger partial charge is 0.306 e. The summed E-state index contributed by atoms with van der Waals surface area (Å²) in [5, 5.41) is 72.2. The summed E-state index contributed by atoms with van der Waals surface area (Å²) in [5.41, 5.74) is 0. The van der Waals surface area contributed by atoms with Gasteiger partial charge in [-0.1, -0.05) is 206 Å². The second kappa shape index (κ2) is 44.1. The van der Waals surface area contributed by atoms with Crippen molar-refractivity contribution in [3.05, 3.63) is 12.2 Å². The molecule has 11 atom stereocenters. The van der Waals surface area contributed by atoms with Crippen LogP contribution in [0.2, 0.25) is 0 Å². The molecule has 14 heteroatoms. The molecule has 0 radical (unpaired) electrons. The summed E-state index contributed by atoms with van der Waals surface area (Å²) in [7, 11) is 0. The number of hydrogen-bond acceptors (Lipinski definition) is 14. The highest BCUT2D eigenvalue weighted by atomic mass is 16.7. The van der Waals surface area contributed by atoms with Crippen molar-refractivity contribution in [2.75, 3.05) is 33.0 Å². The number of aliphatic hydroxyl groups excluding tert-OH is 7. The first-order valence-corrected chi connectivity index (χ1v) is 28.8. The third kappa shape index (κ3) is 30.8. The van der Waals surface area contributed by atoms with Gasteiger partial charge < -0.3 is 64.2 Å². The molecule has 0 aliphatic carbocycles. The van der Waals surface area contributed by atoms with Crippen LogP contribution in [-0.2, 0) is 33.2 Å². The number of unbranched alkanes of at least 4 members (excludes halogenated alkanes) is 31. The van der Waals surface area contributed by atoms with Gasteiger partial charge in [-0.25, -0.2) is 0 Å². The molecule has 14 nitrogen and oxygen atoms in total. The Hall–Kier alpha value is -1.27. The summed E-state index contributed by atoms with van der Waals surface area (Å²) in [4.78, 5) is 13.0. The molecule has 2 rings (SSSR count). The van der Waals surface area contributed by atoms with Crippen molar-refractivity contribution in [1.82, 2.24) is 0 Å². The summed E-state index contributed by atoms with van der Waals surface area (Å²) >= 11 is 0. The minimum atomic E-state index is -1.70. The van der Waals surface area contributed by atoms with Crippen LogP contribution in [0, 0.1) is 0 Å². The summed E-state index contributed by atoms with van der Waals surface area (Å²) in [6.07, 6.45) is 31.4. The van der Waals surface area contributed by atoms with Crippen LogP contribution in [0.4, 0.5) is 0 Å². The molecule has 0 amide bonds. The Morgan fingerprint density at radius 3 is 1.30 bits per heavy atom. The van der Waals surface area contributed by atoms with Crippen LogP contribution < -0.4 is 0 Å². The molecule has 0 spiro atoms. The van der Waals surface area contributed by atoms with Crippen LogP contribution in [0.3, 0.4) is 0 Å². The summed E-state index contributed by atoms with van der Waals surface area (Å²) in [6, 6.07) is 0. The van der Waals surface area contributed by atoms with Gasteiger partial charge in [-0.15, -0.1) is 0 Å². The lowest BCUT2D eigenvalue weighted by Crippen LogP contribution is -2.61. The lowest BCUT2D eigenvalue weighted by molar-refractivity contribution is -0.332. The van der Waals surface area contributed by atoms with E-state index in [1.54, 1.807) is 0 Å². The minimum Gasteiger partial charge on any atom is -0.457 e. The van der Waals surface area contributed by atoms with Crippen molar-refractivity contribution in [3.63, 3.8) is 0 Å². The van der Waals surface area contributed by atoms with Gasteiger partial charge >= 0.3 is 5.97 Å². The maximum atomic E-state index is 13.0. The van der Waals surface area contributed by atoms with Gasteiger partial charge in [0.15, 0.2) is 12.6 Å². The molecular formula is C56H106O14. The van der Waals surface area contributed by atoms with E-state index in [4.69, 9.17) is 28.4 Å². The number of allylic oxidation sites excluding steroid dienone is 2. The molecule has 2 fully saturated rings. The lowest BCUT2D eigenvalue weighted by atomic mass is 9.98. The number of carbonyl (C=O) groups is 1. The van der Waals surface area contributed by atoms with E-state index in [1.807, 2.05) is 0 Å². The van der Waals surface area contributed by atoms with Gasteiger partial charge in [0.25, 0.3) is 0 Å². The maximum Gasteiger partial charge on any atom is 0.306 e. The van der Waals surface area contributed by atoms with Crippen LogP contribution in [0.25, 0.3) is 0 Å². The first-order valence-electron chi connectivity index (χ1n) is 28.8. The van der Waals surface area contributed by atoms with Gasteiger partial charge in [0.05, 0.1) is 26.4 Å². The van der Waals surface area contributed by atoms with Crippen molar-refractivity contribution in [1.29, 1.82) is 0 Å². The van der Waals surface area contributed by atoms with Gasteiger partial charge in [0, 0.05) is 13.0 Å². The van der Waals surface area contributed by atoms with E-state index in [0.29, 0.717) is 13.0 Å². The number of rotatable bonds is 47. The van der Waals surface area contributed by atoms with E-state index in [-0.39, 0.29) is 25.6 Å². The van der Waals surface area contributed by atoms with Crippen molar-refractivity contribution >= 4 is 5.97 Å². The Morgan fingerprint density at radius 2 is 0.843 bits per heavy atom. The van der Waals surface area contributed by atoms with Crippen molar-refractivity contribution in [3.8, 4) is 0 Å². The Morgan fingerprint density at radius 1 is 0.457 bits per heavy atom. The molecule has 2 saturated heterocycles. The summed E-state index contributed by atoms with van der Waals surface area (Å²) in [5.74, 6) is -0.371. The van der Waals surface area contributed by atoms with Crippen molar-refractivity contribution in [2.24, 2.45) is 0 Å². The first kappa shape index (κ1) is 64.8. The quantitative estimate of drug-likeness (QED) is 0.0172. The van der Waals surface area contributed by atoms with E-state index in [2.05, 4.69) is 26.0 Å². The molecule has 70 heavy (non-hydrogen) atoms. The van der Waals surface area contributed by atoms with E-state index in [9.17, 15) is 40.5 Å². The zero-order valence-corrected chi connectivity index (χ0v) is 44.3. The molecule has 0 aromatic rings. The maximum absolute atomic E-state index is 13.0. The number of ether oxygens (including phenoxy) is 6. The fraction of sp³-hybridized carbons (Fsp3) is 0.946. The Bertz CT molecular complexity index is 1210. The molecule has 414 valence electrons. The molecule has 7 N–H and O–H groups in total. The highest BCUT2D eigenvalue weighted by Crippen LogP contribution is 2.27.